The molecule has 0 amide bonds. The van der Waals surface area contributed by atoms with Crippen LogP contribution in [-0.4, -0.2) is 257 Å². The number of hydrogen-bond acceptors (Lipinski definition) is 25. The summed E-state index contributed by atoms with van der Waals surface area (Å²) in [5.41, 5.74) is -3.78. The molecule has 4 aliphatic heterocycles. The standard InChI is InChI=1S/C55H94O25/c1-23(2)26(80-70)11-15-53(7,79-48-43(69)39(65)37(63)29(76-48)22-73-46-41(67)34(60)25(59)21-72-46)31-13-16-54(8)52(6)14-12-30-50(3,4)45(24(58)18-51(30,5)32(52)17-33(71-10)55(31,54)9)78-49-44(40(66)36(62)28(20-57)75-49)77-47-42(68)38(64)35(61)27(19-56)74-47/h24-49,56-70H,1,11-22H2,2-10H3/t24-,25-,26?,27-,28-,29-,30?,31-,32?,33-,34+,35-,36-,37-,38+,39+,40+,41-,42-,43-,44-,45+,46+,47+,48+,49+,51+,52-,53+,54+,55+/m1/s1. The van der Waals surface area contributed by atoms with Gasteiger partial charge in [-0.15, -0.1) is 0 Å². The lowest BCUT2D eigenvalue weighted by molar-refractivity contribution is -0.384. The molecule has 4 saturated heterocycles. The van der Waals surface area contributed by atoms with Crippen molar-refractivity contribution in [3.63, 3.8) is 0 Å². The van der Waals surface area contributed by atoms with E-state index in [0.29, 0.717) is 31.3 Å². The van der Waals surface area contributed by atoms with E-state index < -0.39 is 194 Å². The average molecular weight is 1160 g/mol. The third-order valence-electron chi connectivity index (χ3n) is 21.9. The Bertz CT molecular complexity index is 2090. The molecule has 4 aliphatic carbocycles. The van der Waals surface area contributed by atoms with E-state index in [4.69, 9.17) is 47.5 Å². The highest BCUT2D eigenvalue weighted by atomic mass is 17.1. The van der Waals surface area contributed by atoms with Gasteiger partial charge in [-0.1, -0.05) is 48.1 Å². The Morgan fingerprint density at radius 3 is 1.84 bits per heavy atom. The summed E-state index contributed by atoms with van der Waals surface area (Å²) in [7, 11) is 1.68. The second-order valence-electron chi connectivity index (χ2n) is 26.4. The molecule has 0 aromatic carbocycles. The van der Waals surface area contributed by atoms with Crippen molar-refractivity contribution in [2.24, 2.45) is 44.8 Å². The summed E-state index contributed by atoms with van der Waals surface area (Å²) >= 11 is 0. The molecular weight excluding hydrogens is 1060 g/mol. The molecule has 15 N–H and O–H groups in total. The third-order valence-corrected chi connectivity index (χ3v) is 21.9. The molecule has 31 atom stereocenters. The molecule has 8 fully saturated rings. The highest BCUT2D eigenvalue weighted by Gasteiger charge is 2.77. The molecule has 0 spiro atoms. The van der Waals surface area contributed by atoms with Gasteiger partial charge in [-0.3, -0.25) is 5.26 Å². The fourth-order valence-corrected chi connectivity index (χ4v) is 17.2. The Morgan fingerprint density at radius 1 is 0.662 bits per heavy atom. The molecular formula is C55H94O25. The molecule has 4 saturated carbocycles. The number of methoxy groups -OCH3 is 1. The zero-order chi connectivity index (χ0) is 59.1. The lowest BCUT2D eigenvalue weighted by atomic mass is 9.32. The van der Waals surface area contributed by atoms with Crippen LogP contribution in [0.1, 0.15) is 107 Å². The Morgan fingerprint density at radius 2 is 1.24 bits per heavy atom. The number of fused-ring (bicyclic) bond motifs is 5. The maximum Gasteiger partial charge on any atom is 0.187 e. The zero-order valence-corrected chi connectivity index (χ0v) is 47.5. The quantitative estimate of drug-likeness (QED) is 0.0303. The van der Waals surface area contributed by atoms with Gasteiger partial charge in [0.05, 0.1) is 50.3 Å². The van der Waals surface area contributed by atoms with Crippen molar-refractivity contribution in [2.75, 3.05) is 33.5 Å². The molecule has 0 aromatic heterocycles. The van der Waals surface area contributed by atoms with Gasteiger partial charge in [-0.2, -0.15) is 0 Å². The highest BCUT2D eigenvalue weighted by molar-refractivity contribution is 5.25. The lowest BCUT2D eigenvalue weighted by Gasteiger charge is -2.73. The van der Waals surface area contributed by atoms with Crippen LogP contribution in [0.5, 0.6) is 0 Å². The molecule has 8 aliphatic rings. The van der Waals surface area contributed by atoms with E-state index in [1.807, 2.05) is 20.8 Å². The first-order valence-electron chi connectivity index (χ1n) is 28.4. The van der Waals surface area contributed by atoms with Crippen LogP contribution in [0.25, 0.3) is 0 Å². The van der Waals surface area contributed by atoms with Crippen LogP contribution >= 0.6 is 0 Å². The van der Waals surface area contributed by atoms with Crippen molar-refractivity contribution in [1.82, 2.24) is 0 Å². The van der Waals surface area contributed by atoms with E-state index >= 15 is 0 Å². The monoisotopic (exact) mass is 1150 g/mol. The van der Waals surface area contributed by atoms with Gasteiger partial charge in [0.1, 0.15) is 97.7 Å². The Hall–Kier alpha value is -1.26. The molecule has 25 heteroatoms. The smallest absolute Gasteiger partial charge is 0.187 e. The molecule has 8 rings (SSSR count). The summed E-state index contributed by atoms with van der Waals surface area (Å²) in [6.07, 6.45) is -30.4. The third kappa shape index (κ3) is 10.7. The van der Waals surface area contributed by atoms with Crippen LogP contribution < -0.4 is 0 Å². The maximum atomic E-state index is 12.6. The van der Waals surface area contributed by atoms with E-state index in [0.717, 1.165) is 6.42 Å². The molecule has 3 unspecified atom stereocenters. The van der Waals surface area contributed by atoms with Crippen molar-refractivity contribution in [3.8, 4) is 0 Å². The first-order chi connectivity index (χ1) is 37.4. The van der Waals surface area contributed by atoms with Gasteiger partial charge in [0.25, 0.3) is 0 Å². The van der Waals surface area contributed by atoms with Gasteiger partial charge in [-0.05, 0) is 110 Å². The number of rotatable bonds is 18. The molecule has 25 nitrogen and oxygen atoms in total. The SMILES string of the molecule is C=C(C)C(CC[C@](C)(O[C@@H]1O[C@H](CO[C@@H]2OC[C@@H](O)[C@H](O)[C@H]2O)[C@@H](O)[C@H](O)[C@H]1O)[C@H]1CC[C@]2(C)[C@]1(C)[C@H](OC)CC1[C@@]3(C)C[C@@H](O)[C@H](O[C@@H]4O[C@H](CO)[C@@H](O)[C@H](O)[C@H]4O[C@@H]4O[C@H](CO)[C@@H](O)[C@H](O)[C@H]4O)C(C)(C)C3CC[C@]12C)OO. The Labute approximate surface area is 467 Å². The van der Waals surface area contributed by atoms with Gasteiger partial charge < -0.3 is 114 Å². The van der Waals surface area contributed by atoms with E-state index in [9.17, 15) is 76.7 Å². The van der Waals surface area contributed by atoms with E-state index in [-0.39, 0.29) is 43.6 Å². The molecule has 0 radical (unpaired) electrons. The van der Waals surface area contributed by atoms with E-state index in [2.05, 4.69) is 34.3 Å². The maximum absolute atomic E-state index is 12.6. The van der Waals surface area contributed by atoms with Crippen LogP contribution in [0, 0.1) is 44.8 Å². The summed E-state index contributed by atoms with van der Waals surface area (Å²) in [6.45, 7) is 18.4. The van der Waals surface area contributed by atoms with Crippen molar-refractivity contribution in [1.29, 1.82) is 0 Å². The summed E-state index contributed by atoms with van der Waals surface area (Å²) in [6, 6.07) is 0. The summed E-state index contributed by atoms with van der Waals surface area (Å²) in [5.74, 6) is -0.572. The fourth-order valence-electron chi connectivity index (χ4n) is 17.2. The van der Waals surface area contributed by atoms with Gasteiger partial charge in [0.2, 0.25) is 0 Å². The normalized spacial score (nSPS) is 52.5. The van der Waals surface area contributed by atoms with Crippen molar-refractivity contribution >= 4 is 0 Å². The zero-order valence-electron chi connectivity index (χ0n) is 47.5. The van der Waals surface area contributed by atoms with Gasteiger partial charge in [0.15, 0.2) is 25.2 Å². The van der Waals surface area contributed by atoms with Gasteiger partial charge >= 0.3 is 0 Å². The summed E-state index contributed by atoms with van der Waals surface area (Å²) < 4.78 is 55.5. The van der Waals surface area contributed by atoms with Crippen LogP contribution in [0.15, 0.2) is 12.2 Å². The molecule has 80 heavy (non-hydrogen) atoms. The Kier molecular flexibility index (Phi) is 19.5. The predicted octanol–water partition coefficient (Wildman–Crippen LogP) is -2.08. The van der Waals surface area contributed by atoms with Crippen LogP contribution in [0.4, 0.5) is 0 Å². The van der Waals surface area contributed by atoms with Crippen LogP contribution in [0.3, 0.4) is 0 Å². The number of aliphatic hydroxyl groups excluding tert-OH is 14. The van der Waals surface area contributed by atoms with Crippen molar-refractivity contribution in [2.45, 2.75) is 253 Å². The second-order valence-corrected chi connectivity index (χ2v) is 26.4. The largest absolute Gasteiger partial charge is 0.394 e. The topological polar surface area (TPSA) is 396 Å². The number of aliphatic hydroxyl groups is 14. The highest BCUT2D eigenvalue weighted by Crippen LogP contribution is 2.80. The molecule has 0 bridgehead atoms. The fraction of sp³-hybridized carbons (Fsp3) is 0.964. The van der Waals surface area contributed by atoms with Crippen molar-refractivity contribution in [3.05, 3.63) is 12.2 Å². The lowest BCUT2D eigenvalue weighted by Crippen LogP contribution is -2.72. The van der Waals surface area contributed by atoms with Crippen LogP contribution in [0.2, 0.25) is 0 Å². The minimum Gasteiger partial charge on any atom is -0.394 e. The number of ether oxygens (including phenoxy) is 9. The molecule has 464 valence electrons. The minimum absolute atomic E-state index is 0.0750. The first kappa shape index (κ1) is 64.7. The molecule has 0 aromatic rings. The van der Waals surface area contributed by atoms with Gasteiger partial charge in [-0.25, -0.2) is 4.89 Å². The second kappa shape index (κ2) is 24.1. The predicted molar refractivity (Wildman–Crippen MR) is 274 cm³/mol. The van der Waals surface area contributed by atoms with Gasteiger partial charge in [0, 0.05) is 12.5 Å². The first-order valence-corrected chi connectivity index (χ1v) is 28.4. The number of hydrogen-bond donors (Lipinski definition) is 15. The summed E-state index contributed by atoms with van der Waals surface area (Å²) in [5, 5.41) is 162. The minimum atomic E-state index is -1.88. The van der Waals surface area contributed by atoms with E-state index in [1.54, 1.807) is 14.0 Å². The van der Waals surface area contributed by atoms with Crippen LogP contribution in [-0.2, 0) is 47.5 Å². The molecule has 4 heterocycles. The van der Waals surface area contributed by atoms with E-state index in [1.165, 1.54) is 0 Å². The Balaban J connectivity index is 1.07. The summed E-state index contributed by atoms with van der Waals surface area (Å²) in [4.78, 5) is 4.90. The average Bonchev–Trinajstić information content (AvgIpc) is 3.89. The van der Waals surface area contributed by atoms with Crippen molar-refractivity contribution < 1.29 is 124 Å².